The SMILES string of the molecule is C[C@@H]1CC(c2ccc(N)c(C3=CCCCC3)c2)C[C@@H](C)N1C(=O)OC(C)(C)C. The van der Waals surface area contributed by atoms with Gasteiger partial charge in [0.05, 0.1) is 0 Å². The monoisotopic (exact) mass is 384 g/mol. The first-order valence-corrected chi connectivity index (χ1v) is 10.8. The molecule has 1 aromatic carbocycles. The summed E-state index contributed by atoms with van der Waals surface area (Å²) in [6.45, 7) is 10.0. The zero-order chi connectivity index (χ0) is 20.5. The molecule has 1 fully saturated rings. The van der Waals surface area contributed by atoms with E-state index in [2.05, 4.69) is 38.1 Å². The number of ether oxygens (including phenoxy) is 1. The minimum absolute atomic E-state index is 0.151. The largest absolute Gasteiger partial charge is 0.444 e. The maximum atomic E-state index is 12.7. The molecule has 4 nitrogen and oxygen atoms in total. The van der Waals surface area contributed by atoms with Crippen LogP contribution >= 0.6 is 0 Å². The molecule has 0 aromatic heterocycles. The van der Waals surface area contributed by atoms with Gasteiger partial charge in [-0.05, 0) is 102 Å². The number of carbonyl (C=O) groups is 1. The lowest BCUT2D eigenvalue weighted by Gasteiger charge is -2.43. The van der Waals surface area contributed by atoms with Crippen LogP contribution in [0.2, 0.25) is 0 Å². The summed E-state index contributed by atoms with van der Waals surface area (Å²) in [5.74, 6) is 0.437. The van der Waals surface area contributed by atoms with Gasteiger partial charge in [0.25, 0.3) is 0 Å². The molecule has 2 N–H and O–H groups in total. The Morgan fingerprint density at radius 2 is 1.82 bits per heavy atom. The van der Waals surface area contributed by atoms with Crippen LogP contribution in [0.1, 0.15) is 90.2 Å². The number of nitrogens with zero attached hydrogens (tertiary/aromatic N) is 1. The smallest absolute Gasteiger partial charge is 0.410 e. The highest BCUT2D eigenvalue weighted by Gasteiger charge is 2.37. The van der Waals surface area contributed by atoms with Gasteiger partial charge in [0.1, 0.15) is 5.60 Å². The average molecular weight is 385 g/mol. The number of anilines is 1. The van der Waals surface area contributed by atoms with Crippen LogP contribution in [-0.4, -0.2) is 28.7 Å². The van der Waals surface area contributed by atoms with Crippen LogP contribution in [0.5, 0.6) is 0 Å². The average Bonchev–Trinajstić information content (AvgIpc) is 2.60. The number of piperidine rings is 1. The summed E-state index contributed by atoms with van der Waals surface area (Å²) in [6, 6.07) is 6.85. The summed E-state index contributed by atoms with van der Waals surface area (Å²) in [7, 11) is 0. The Morgan fingerprint density at radius 3 is 2.39 bits per heavy atom. The van der Waals surface area contributed by atoms with Gasteiger partial charge in [0.15, 0.2) is 0 Å². The van der Waals surface area contributed by atoms with Crippen molar-refractivity contribution in [3.63, 3.8) is 0 Å². The maximum absolute atomic E-state index is 12.7. The lowest BCUT2D eigenvalue weighted by Crippen LogP contribution is -2.51. The Kier molecular flexibility index (Phi) is 6.07. The van der Waals surface area contributed by atoms with Gasteiger partial charge >= 0.3 is 6.09 Å². The van der Waals surface area contributed by atoms with Crippen molar-refractivity contribution in [1.82, 2.24) is 4.90 Å². The second-order valence-corrected chi connectivity index (χ2v) is 9.58. The van der Waals surface area contributed by atoms with Gasteiger partial charge in [-0.25, -0.2) is 4.79 Å². The van der Waals surface area contributed by atoms with Gasteiger partial charge in [0, 0.05) is 23.3 Å². The minimum atomic E-state index is -0.465. The first-order valence-electron chi connectivity index (χ1n) is 10.8. The van der Waals surface area contributed by atoms with E-state index in [0.29, 0.717) is 5.92 Å². The van der Waals surface area contributed by atoms with Crippen LogP contribution in [0.25, 0.3) is 5.57 Å². The summed E-state index contributed by atoms with van der Waals surface area (Å²) in [6.07, 6.45) is 8.86. The number of rotatable bonds is 2. The van der Waals surface area contributed by atoms with Crippen LogP contribution in [0.15, 0.2) is 24.3 Å². The first-order chi connectivity index (χ1) is 13.2. The highest BCUT2D eigenvalue weighted by atomic mass is 16.6. The number of nitrogens with two attached hydrogens (primary N) is 1. The molecule has 154 valence electrons. The van der Waals surface area contributed by atoms with Gasteiger partial charge in [-0.15, -0.1) is 0 Å². The molecular weight excluding hydrogens is 348 g/mol. The third-order valence-corrected chi connectivity index (χ3v) is 5.99. The Balaban J connectivity index is 1.77. The predicted octanol–water partition coefficient (Wildman–Crippen LogP) is 6.12. The standard InChI is InChI=1S/C24H36N2O2/c1-16-13-20(14-17(2)26(16)23(27)28-24(3,4)5)19-11-12-22(25)21(15-19)18-9-7-6-8-10-18/h9,11-12,15-17,20H,6-8,10,13-14,25H2,1-5H3/t16-,17-/m1/s1. The van der Waals surface area contributed by atoms with Gasteiger partial charge in [-0.2, -0.15) is 0 Å². The molecule has 0 bridgehead atoms. The van der Waals surface area contributed by atoms with E-state index in [1.54, 1.807) is 0 Å². The predicted molar refractivity (Wildman–Crippen MR) is 116 cm³/mol. The molecule has 1 aliphatic carbocycles. The van der Waals surface area contributed by atoms with Crippen molar-refractivity contribution in [2.75, 3.05) is 5.73 Å². The summed E-state index contributed by atoms with van der Waals surface area (Å²) in [4.78, 5) is 14.6. The van der Waals surface area contributed by atoms with E-state index in [0.717, 1.165) is 31.4 Å². The number of benzene rings is 1. The number of nitrogen functional groups attached to an aromatic ring is 1. The minimum Gasteiger partial charge on any atom is -0.444 e. The van der Waals surface area contributed by atoms with E-state index in [1.165, 1.54) is 29.5 Å². The Labute approximate surface area is 170 Å². The van der Waals surface area contributed by atoms with Crippen LogP contribution in [0.4, 0.5) is 10.5 Å². The van der Waals surface area contributed by atoms with E-state index >= 15 is 0 Å². The van der Waals surface area contributed by atoms with Crippen molar-refractivity contribution in [1.29, 1.82) is 0 Å². The van der Waals surface area contributed by atoms with E-state index in [1.807, 2.05) is 25.7 Å². The number of hydrogen-bond donors (Lipinski definition) is 1. The molecule has 0 spiro atoms. The molecule has 0 radical (unpaired) electrons. The zero-order valence-corrected chi connectivity index (χ0v) is 18.1. The van der Waals surface area contributed by atoms with Crippen molar-refractivity contribution in [2.24, 2.45) is 0 Å². The summed E-state index contributed by atoms with van der Waals surface area (Å²) < 4.78 is 5.64. The highest BCUT2D eigenvalue weighted by Crippen LogP contribution is 2.39. The van der Waals surface area contributed by atoms with Crippen LogP contribution in [-0.2, 0) is 4.74 Å². The van der Waals surface area contributed by atoms with Gasteiger partial charge in [0.2, 0.25) is 0 Å². The zero-order valence-electron chi connectivity index (χ0n) is 18.1. The molecule has 2 aliphatic rings. The first kappa shape index (κ1) is 20.8. The number of likely N-dealkylation sites (tertiary alicyclic amines) is 1. The number of allylic oxidation sites excluding steroid dienone is 2. The molecule has 1 saturated heterocycles. The number of carbonyl (C=O) groups excluding carboxylic acids is 1. The Bertz CT molecular complexity index is 735. The summed E-state index contributed by atoms with van der Waals surface area (Å²) >= 11 is 0. The molecule has 1 aromatic rings. The van der Waals surface area contributed by atoms with Gasteiger partial charge in [-0.1, -0.05) is 12.1 Å². The molecule has 0 saturated carbocycles. The molecule has 4 heteroatoms. The second kappa shape index (κ2) is 8.18. The molecule has 28 heavy (non-hydrogen) atoms. The van der Waals surface area contributed by atoms with Crippen molar-refractivity contribution in [3.05, 3.63) is 35.4 Å². The summed E-state index contributed by atoms with van der Waals surface area (Å²) in [5.41, 5.74) is 10.7. The van der Waals surface area contributed by atoms with Crippen molar-refractivity contribution >= 4 is 17.4 Å². The highest BCUT2D eigenvalue weighted by molar-refractivity contribution is 5.76. The third-order valence-electron chi connectivity index (χ3n) is 5.99. The molecular formula is C24H36N2O2. The summed E-state index contributed by atoms with van der Waals surface area (Å²) in [5, 5.41) is 0. The molecule has 1 amide bonds. The topological polar surface area (TPSA) is 55.6 Å². The van der Waals surface area contributed by atoms with Gasteiger partial charge in [-0.3, -0.25) is 0 Å². The lowest BCUT2D eigenvalue weighted by molar-refractivity contribution is -0.00254. The fraction of sp³-hybridized carbons (Fsp3) is 0.625. The fourth-order valence-electron chi connectivity index (χ4n) is 4.72. The van der Waals surface area contributed by atoms with E-state index < -0.39 is 5.60 Å². The second-order valence-electron chi connectivity index (χ2n) is 9.58. The molecule has 3 rings (SSSR count). The van der Waals surface area contributed by atoms with Crippen LogP contribution < -0.4 is 5.73 Å². The Hall–Kier alpha value is -1.97. The third kappa shape index (κ3) is 4.71. The maximum Gasteiger partial charge on any atom is 0.410 e. The molecule has 1 heterocycles. The van der Waals surface area contributed by atoms with E-state index in [9.17, 15) is 4.79 Å². The van der Waals surface area contributed by atoms with E-state index in [-0.39, 0.29) is 18.2 Å². The van der Waals surface area contributed by atoms with Crippen molar-refractivity contribution < 1.29 is 9.53 Å². The van der Waals surface area contributed by atoms with Crippen molar-refractivity contribution in [3.8, 4) is 0 Å². The van der Waals surface area contributed by atoms with Crippen LogP contribution in [0.3, 0.4) is 0 Å². The fourth-order valence-corrected chi connectivity index (χ4v) is 4.72. The van der Waals surface area contributed by atoms with Crippen LogP contribution in [0, 0.1) is 0 Å². The van der Waals surface area contributed by atoms with Gasteiger partial charge < -0.3 is 15.4 Å². The normalized spacial score (nSPS) is 26.0. The lowest BCUT2D eigenvalue weighted by atomic mass is 9.81. The Morgan fingerprint density at radius 1 is 1.14 bits per heavy atom. The molecule has 2 atom stereocenters. The quantitative estimate of drug-likeness (QED) is 0.625. The number of amides is 1. The molecule has 1 aliphatic heterocycles. The van der Waals surface area contributed by atoms with Crippen molar-refractivity contribution in [2.45, 2.75) is 96.7 Å². The molecule has 0 unspecified atom stereocenters. The van der Waals surface area contributed by atoms with E-state index in [4.69, 9.17) is 10.5 Å². The number of hydrogen-bond acceptors (Lipinski definition) is 3.